The number of H-pyrrole nitrogens is 1. The number of carbonyl (C=O) groups excluding carboxylic acids is 1. The molecule has 1 aromatic rings. The number of aromatic nitrogens is 4. The fourth-order valence-corrected chi connectivity index (χ4v) is 1.09. The number of hydrogen-bond donors (Lipinski definition) is 2. The largest absolute Gasteiger partial charge is 0.481 e. The molecule has 8 nitrogen and oxygen atoms in total. The molecule has 1 unspecified atom stereocenters. The summed E-state index contributed by atoms with van der Waals surface area (Å²) in [4.78, 5) is 21.5. The van der Waals surface area contributed by atoms with Crippen LogP contribution in [0.15, 0.2) is 0 Å². The number of hydrogen-bond acceptors (Lipinski definition) is 6. The molecular formula is C7H10N4O4. The van der Waals surface area contributed by atoms with Crippen molar-refractivity contribution in [3.63, 3.8) is 0 Å². The van der Waals surface area contributed by atoms with Crippen LogP contribution in [0.5, 0.6) is 0 Å². The average molecular weight is 214 g/mol. The van der Waals surface area contributed by atoms with Gasteiger partial charge in [-0.15, -0.1) is 10.2 Å². The molecule has 0 aliphatic carbocycles. The molecule has 15 heavy (non-hydrogen) atoms. The lowest BCUT2D eigenvalue weighted by Crippen LogP contribution is -2.14. The van der Waals surface area contributed by atoms with E-state index in [9.17, 15) is 9.59 Å². The lowest BCUT2D eigenvalue weighted by Gasteiger charge is -2.08. The molecule has 0 amide bonds. The number of aliphatic carboxylic acids is 1. The van der Waals surface area contributed by atoms with Crippen LogP contribution < -0.4 is 0 Å². The lowest BCUT2D eigenvalue weighted by molar-refractivity contribution is -0.142. The third-order valence-electron chi connectivity index (χ3n) is 1.79. The number of nitrogens with zero attached hydrogens (tertiary/aromatic N) is 3. The third-order valence-corrected chi connectivity index (χ3v) is 1.79. The van der Waals surface area contributed by atoms with Crippen LogP contribution in [0.1, 0.15) is 24.6 Å². The first-order valence-electron chi connectivity index (χ1n) is 4.15. The zero-order valence-electron chi connectivity index (χ0n) is 8.01. The summed E-state index contributed by atoms with van der Waals surface area (Å²) < 4.78 is 4.44. The SMILES string of the molecule is COC(=O)CC(CC(=O)O)c1nn[nH]n1. The quantitative estimate of drug-likeness (QED) is 0.623. The number of carboxylic acids is 1. The highest BCUT2D eigenvalue weighted by Gasteiger charge is 2.23. The number of nitrogens with one attached hydrogen (secondary N) is 1. The highest BCUT2D eigenvalue weighted by Crippen LogP contribution is 2.19. The molecule has 0 saturated heterocycles. The van der Waals surface area contributed by atoms with E-state index in [1.54, 1.807) is 0 Å². The molecule has 0 fully saturated rings. The van der Waals surface area contributed by atoms with Gasteiger partial charge in [-0.05, 0) is 0 Å². The van der Waals surface area contributed by atoms with E-state index in [1.165, 1.54) is 7.11 Å². The molecule has 1 rings (SSSR count). The summed E-state index contributed by atoms with van der Waals surface area (Å²) in [5, 5.41) is 21.4. The van der Waals surface area contributed by atoms with E-state index >= 15 is 0 Å². The number of methoxy groups -OCH3 is 1. The Balaban J connectivity index is 2.70. The summed E-state index contributed by atoms with van der Waals surface area (Å²) in [6, 6.07) is 0. The van der Waals surface area contributed by atoms with Gasteiger partial charge in [0.2, 0.25) is 0 Å². The molecule has 2 N–H and O–H groups in total. The first-order chi connectivity index (χ1) is 7.13. The van der Waals surface area contributed by atoms with E-state index in [2.05, 4.69) is 25.4 Å². The Bertz CT molecular complexity index is 337. The molecule has 0 saturated carbocycles. The molecular weight excluding hydrogens is 204 g/mol. The second-order valence-corrected chi connectivity index (χ2v) is 2.85. The molecule has 82 valence electrons. The zero-order valence-corrected chi connectivity index (χ0v) is 8.01. The number of tetrazole rings is 1. The molecule has 1 atom stereocenters. The summed E-state index contributed by atoms with van der Waals surface area (Å²) in [5.41, 5.74) is 0. The van der Waals surface area contributed by atoms with Crippen LogP contribution in [0.25, 0.3) is 0 Å². The number of aromatic amines is 1. The van der Waals surface area contributed by atoms with Gasteiger partial charge in [0.25, 0.3) is 0 Å². The summed E-state index contributed by atoms with van der Waals surface area (Å²) in [5.74, 6) is -1.96. The minimum Gasteiger partial charge on any atom is -0.481 e. The molecule has 0 bridgehead atoms. The van der Waals surface area contributed by atoms with Crippen LogP contribution >= 0.6 is 0 Å². The van der Waals surface area contributed by atoms with Gasteiger partial charge in [0, 0.05) is 5.92 Å². The highest BCUT2D eigenvalue weighted by molar-refractivity contribution is 5.73. The van der Waals surface area contributed by atoms with E-state index in [0.717, 1.165) is 0 Å². The van der Waals surface area contributed by atoms with E-state index in [-0.39, 0.29) is 18.7 Å². The minimum atomic E-state index is -1.03. The molecule has 0 radical (unpaired) electrons. The topological polar surface area (TPSA) is 118 Å². The minimum absolute atomic E-state index is 0.0810. The maximum atomic E-state index is 11.0. The van der Waals surface area contributed by atoms with Gasteiger partial charge < -0.3 is 9.84 Å². The van der Waals surface area contributed by atoms with Crippen LogP contribution in [0.3, 0.4) is 0 Å². The predicted octanol–water partition coefficient (Wildman–Crippen LogP) is -0.679. The zero-order chi connectivity index (χ0) is 11.3. The van der Waals surface area contributed by atoms with Crippen LogP contribution in [-0.2, 0) is 14.3 Å². The van der Waals surface area contributed by atoms with Gasteiger partial charge in [0.15, 0.2) is 5.82 Å². The Kier molecular flexibility index (Phi) is 3.72. The van der Waals surface area contributed by atoms with Gasteiger partial charge >= 0.3 is 11.9 Å². The molecule has 0 aliphatic rings. The molecule has 0 aliphatic heterocycles. The maximum Gasteiger partial charge on any atom is 0.306 e. The Morgan fingerprint density at radius 1 is 1.53 bits per heavy atom. The summed E-state index contributed by atoms with van der Waals surface area (Å²) in [7, 11) is 1.23. The smallest absolute Gasteiger partial charge is 0.306 e. The summed E-state index contributed by atoms with van der Waals surface area (Å²) in [6.07, 6.45) is -0.322. The monoisotopic (exact) mass is 214 g/mol. The number of carbonyl (C=O) groups is 2. The lowest BCUT2D eigenvalue weighted by atomic mass is 10.0. The van der Waals surface area contributed by atoms with Crippen molar-refractivity contribution in [3.05, 3.63) is 5.82 Å². The van der Waals surface area contributed by atoms with Gasteiger partial charge in [0.05, 0.1) is 20.0 Å². The molecule has 8 heteroatoms. The standard InChI is InChI=1S/C7H10N4O4/c1-15-6(14)3-4(2-5(12)13)7-8-10-11-9-7/h4H,2-3H2,1H3,(H,12,13)(H,8,9,10,11). The molecule has 1 heterocycles. The Hall–Kier alpha value is -1.99. The van der Waals surface area contributed by atoms with E-state index in [1.807, 2.05) is 0 Å². The van der Waals surface area contributed by atoms with Crippen molar-refractivity contribution in [3.8, 4) is 0 Å². The van der Waals surface area contributed by atoms with Crippen LogP contribution in [0, 0.1) is 0 Å². The van der Waals surface area contributed by atoms with E-state index < -0.39 is 17.9 Å². The summed E-state index contributed by atoms with van der Waals surface area (Å²) >= 11 is 0. The van der Waals surface area contributed by atoms with Crippen molar-refractivity contribution in [2.75, 3.05) is 7.11 Å². The van der Waals surface area contributed by atoms with Crippen molar-refractivity contribution in [1.29, 1.82) is 0 Å². The normalized spacial score (nSPS) is 12.1. The first-order valence-corrected chi connectivity index (χ1v) is 4.15. The average Bonchev–Trinajstić information content (AvgIpc) is 2.68. The van der Waals surface area contributed by atoms with Crippen molar-refractivity contribution in [2.45, 2.75) is 18.8 Å². The van der Waals surface area contributed by atoms with Gasteiger partial charge in [-0.3, -0.25) is 9.59 Å². The van der Waals surface area contributed by atoms with Crippen molar-refractivity contribution in [2.24, 2.45) is 0 Å². The molecule has 0 spiro atoms. The Morgan fingerprint density at radius 3 is 2.73 bits per heavy atom. The third kappa shape index (κ3) is 3.33. The van der Waals surface area contributed by atoms with Gasteiger partial charge in [0.1, 0.15) is 0 Å². The van der Waals surface area contributed by atoms with Crippen molar-refractivity contribution < 1.29 is 19.4 Å². The van der Waals surface area contributed by atoms with Crippen LogP contribution in [0.4, 0.5) is 0 Å². The van der Waals surface area contributed by atoms with E-state index in [0.29, 0.717) is 0 Å². The maximum absolute atomic E-state index is 11.0. The van der Waals surface area contributed by atoms with E-state index in [4.69, 9.17) is 5.11 Å². The van der Waals surface area contributed by atoms with Crippen molar-refractivity contribution in [1.82, 2.24) is 20.6 Å². The number of carboxylic acid groups (broad SMARTS) is 1. The molecule has 0 aromatic carbocycles. The summed E-state index contributed by atoms with van der Waals surface area (Å²) in [6.45, 7) is 0. The van der Waals surface area contributed by atoms with Crippen LogP contribution in [-0.4, -0.2) is 44.8 Å². The Labute approximate surface area is 84.6 Å². The van der Waals surface area contributed by atoms with Crippen molar-refractivity contribution >= 4 is 11.9 Å². The highest BCUT2D eigenvalue weighted by atomic mass is 16.5. The Morgan fingerprint density at radius 2 is 2.27 bits per heavy atom. The van der Waals surface area contributed by atoms with Crippen LogP contribution in [0.2, 0.25) is 0 Å². The number of esters is 1. The molecule has 1 aromatic heterocycles. The second kappa shape index (κ2) is 5.03. The second-order valence-electron chi connectivity index (χ2n) is 2.85. The van der Waals surface area contributed by atoms with Gasteiger partial charge in [-0.2, -0.15) is 5.21 Å². The fourth-order valence-electron chi connectivity index (χ4n) is 1.09. The van der Waals surface area contributed by atoms with Gasteiger partial charge in [-0.25, -0.2) is 0 Å². The number of ether oxygens (including phenoxy) is 1. The first kappa shape index (κ1) is 11.1. The predicted molar refractivity (Wildman–Crippen MR) is 45.8 cm³/mol. The number of rotatable bonds is 5. The van der Waals surface area contributed by atoms with Gasteiger partial charge in [-0.1, -0.05) is 5.21 Å². The fraction of sp³-hybridized carbons (Fsp3) is 0.571.